The molecule has 2 N–H and O–H groups in total. The van der Waals surface area contributed by atoms with E-state index in [2.05, 4.69) is 15.6 Å². The number of anilines is 1. The topological polar surface area (TPSA) is 76.4 Å². The van der Waals surface area contributed by atoms with Gasteiger partial charge >= 0.3 is 0 Å². The van der Waals surface area contributed by atoms with Crippen molar-refractivity contribution < 1.29 is 13.5 Å². The zero-order chi connectivity index (χ0) is 26.2. The number of aliphatic imine (C=N–C) groups is 1. The number of aryl methyl sites for hydroxylation is 1. The number of ether oxygens (including phenoxy) is 1. The number of nitrogens with one attached hydrogen (secondary N) is 2. The maximum atomic E-state index is 14.9. The van der Waals surface area contributed by atoms with Crippen LogP contribution < -0.4 is 15.4 Å². The van der Waals surface area contributed by atoms with Gasteiger partial charge in [-0.1, -0.05) is 18.2 Å². The van der Waals surface area contributed by atoms with Crippen molar-refractivity contribution in [2.24, 2.45) is 4.99 Å². The van der Waals surface area contributed by atoms with Crippen LogP contribution in [0.15, 0.2) is 71.2 Å². The van der Waals surface area contributed by atoms with Gasteiger partial charge in [-0.25, -0.2) is 8.78 Å². The average molecular weight is 515 g/mol. The van der Waals surface area contributed by atoms with E-state index in [1.165, 1.54) is 17.7 Å². The Morgan fingerprint density at radius 3 is 2.76 bits per heavy atom. The lowest BCUT2D eigenvalue weighted by atomic mass is 10.1. The van der Waals surface area contributed by atoms with Crippen LogP contribution in [0, 0.1) is 18.6 Å². The number of halogens is 2. The highest BCUT2D eigenvalue weighted by Gasteiger charge is 2.31. The number of hydrogen-bond acceptors (Lipinski definition) is 6. The molecule has 1 unspecified atom stereocenters. The summed E-state index contributed by atoms with van der Waals surface area (Å²) in [5.74, 6) is 0.383. The van der Waals surface area contributed by atoms with Gasteiger partial charge in [0.05, 0.1) is 24.7 Å². The van der Waals surface area contributed by atoms with Gasteiger partial charge in [0.25, 0.3) is 0 Å². The molecule has 0 bridgehead atoms. The van der Waals surface area contributed by atoms with E-state index in [-0.39, 0.29) is 23.9 Å². The molecule has 2 aromatic heterocycles. The first-order valence-corrected chi connectivity index (χ1v) is 12.8. The fraction of sp³-hybridized carbons (Fsp3) is 0.276. The molecule has 2 aliphatic rings. The second kappa shape index (κ2) is 9.89. The third kappa shape index (κ3) is 4.38. The van der Waals surface area contributed by atoms with Crippen LogP contribution in [0.25, 0.3) is 10.9 Å². The zero-order valence-electron chi connectivity index (χ0n) is 21.3. The van der Waals surface area contributed by atoms with Crippen molar-refractivity contribution in [2.45, 2.75) is 45.7 Å². The number of nitrogens with zero attached hydrogens (tertiary/aromatic N) is 4. The number of amidine groups is 1. The quantitative estimate of drug-likeness (QED) is 0.331. The normalized spacial score (nSPS) is 16.8. The van der Waals surface area contributed by atoms with Crippen LogP contribution in [0.5, 0.6) is 5.75 Å². The summed E-state index contributed by atoms with van der Waals surface area (Å²) in [7, 11) is 0. The molecule has 38 heavy (non-hydrogen) atoms. The highest BCUT2D eigenvalue weighted by atomic mass is 19.1. The summed E-state index contributed by atoms with van der Waals surface area (Å²) in [5, 5.41) is 12.7. The van der Waals surface area contributed by atoms with E-state index in [9.17, 15) is 8.78 Å². The molecule has 1 saturated carbocycles. The van der Waals surface area contributed by atoms with Crippen molar-refractivity contribution in [3.63, 3.8) is 0 Å². The first-order valence-electron chi connectivity index (χ1n) is 12.8. The summed E-state index contributed by atoms with van der Waals surface area (Å²) in [6.07, 6.45) is 6.57. The summed E-state index contributed by atoms with van der Waals surface area (Å²) >= 11 is 0. The van der Waals surface area contributed by atoms with Gasteiger partial charge in [-0.05, 0) is 56.4 Å². The molecule has 1 fully saturated rings. The first-order chi connectivity index (χ1) is 18.5. The Bertz CT molecular complexity index is 1570. The van der Waals surface area contributed by atoms with Crippen LogP contribution in [0.3, 0.4) is 0 Å². The fourth-order valence-electron chi connectivity index (χ4n) is 5.18. The highest BCUT2D eigenvalue weighted by Crippen LogP contribution is 2.34. The number of aromatic nitrogens is 3. The second-order valence-electron chi connectivity index (χ2n) is 9.55. The minimum atomic E-state index is -0.666. The third-order valence-electron chi connectivity index (χ3n) is 7.07. The van der Waals surface area contributed by atoms with Gasteiger partial charge in [0, 0.05) is 41.2 Å². The highest BCUT2D eigenvalue weighted by molar-refractivity contribution is 6.09. The van der Waals surface area contributed by atoms with Gasteiger partial charge in [0.2, 0.25) is 0 Å². The summed E-state index contributed by atoms with van der Waals surface area (Å²) in [6, 6.07) is 12.1. The van der Waals surface area contributed by atoms with Crippen molar-refractivity contribution in [1.82, 2.24) is 20.1 Å². The molecule has 0 amide bonds. The predicted octanol–water partition coefficient (Wildman–Crippen LogP) is 5.69. The molecule has 2 aromatic carbocycles. The van der Waals surface area contributed by atoms with Crippen molar-refractivity contribution in [3.8, 4) is 5.75 Å². The largest absolute Gasteiger partial charge is 0.494 e. The van der Waals surface area contributed by atoms with E-state index < -0.39 is 11.6 Å². The van der Waals surface area contributed by atoms with Crippen LogP contribution in [0.4, 0.5) is 14.5 Å². The van der Waals surface area contributed by atoms with Crippen molar-refractivity contribution in [1.29, 1.82) is 0 Å². The van der Waals surface area contributed by atoms with E-state index in [1.54, 1.807) is 17.8 Å². The molecule has 194 valence electrons. The molecule has 1 atom stereocenters. The molecule has 0 spiro atoms. The molecule has 1 aliphatic heterocycles. The van der Waals surface area contributed by atoms with Crippen LogP contribution >= 0.6 is 0 Å². The fourth-order valence-corrected chi connectivity index (χ4v) is 5.18. The monoisotopic (exact) mass is 514 g/mol. The SMILES string of the molecule is CCOc1cc(F)c(Cn2nc(C3=NC4CCCC4=C(Nc4ccncc4C)N3)c3ccccc32)c(F)c1. The number of para-hydroxylation sites is 1. The maximum absolute atomic E-state index is 14.9. The van der Waals surface area contributed by atoms with Gasteiger partial charge < -0.3 is 15.4 Å². The van der Waals surface area contributed by atoms with Crippen molar-refractivity contribution in [2.75, 3.05) is 11.9 Å². The number of pyridine rings is 1. The molecule has 0 saturated heterocycles. The molecule has 6 rings (SSSR count). The summed E-state index contributed by atoms with van der Waals surface area (Å²) in [5.41, 5.74) is 4.59. The lowest BCUT2D eigenvalue weighted by molar-refractivity contribution is 0.335. The number of rotatable bonds is 7. The van der Waals surface area contributed by atoms with Crippen molar-refractivity contribution in [3.05, 3.63) is 94.7 Å². The van der Waals surface area contributed by atoms with Gasteiger partial charge in [0.15, 0.2) is 5.84 Å². The lowest BCUT2D eigenvalue weighted by Crippen LogP contribution is -2.36. The van der Waals surface area contributed by atoms with Gasteiger partial charge in [-0.2, -0.15) is 5.10 Å². The molecule has 3 heterocycles. The number of fused-ring (bicyclic) bond motifs is 2. The molecule has 9 heteroatoms. The van der Waals surface area contributed by atoms with Crippen molar-refractivity contribution >= 4 is 22.4 Å². The second-order valence-corrected chi connectivity index (χ2v) is 9.55. The van der Waals surface area contributed by atoms with Gasteiger partial charge in [-0.15, -0.1) is 0 Å². The van der Waals surface area contributed by atoms with E-state index in [0.29, 0.717) is 18.1 Å². The van der Waals surface area contributed by atoms with Gasteiger partial charge in [0.1, 0.15) is 28.9 Å². The van der Waals surface area contributed by atoms with Crippen LogP contribution in [-0.4, -0.2) is 33.2 Å². The molecular formula is C29H28F2N6O. The molecule has 0 radical (unpaired) electrons. The maximum Gasteiger partial charge on any atom is 0.156 e. The smallest absolute Gasteiger partial charge is 0.156 e. The van der Waals surface area contributed by atoms with E-state index in [1.807, 2.05) is 43.5 Å². The van der Waals surface area contributed by atoms with Crippen LogP contribution in [-0.2, 0) is 6.54 Å². The average Bonchev–Trinajstić information content (AvgIpc) is 3.53. The Balaban J connectivity index is 1.37. The standard InChI is InChI=1S/C29H28F2N6O/c1-3-38-18-13-22(30)21(23(31)14-18)16-37-26-10-5-4-7-20(26)27(36-37)29-34-25-9-6-8-19(25)28(35-29)33-24-11-12-32-15-17(24)2/h4-5,7,10-15,25H,3,6,8-9,16H2,1-2H3,(H,32,33)(H,34,35). The van der Waals surface area contributed by atoms with Crippen LogP contribution in [0.1, 0.15) is 43.0 Å². The Kier molecular flexibility index (Phi) is 6.27. The van der Waals surface area contributed by atoms with E-state index in [0.717, 1.165) is 47.2 Å². The van der Waals surface area contributed by atoms with Crippen LogP contribution in [0.2, 0.25) is 0 Å². The Morgan fingerprint density at radius 1 is 1.16 bits per heavy atom. The Labute approximate surface area is 219 Å². The zero-order valence-corrected chi connectivity index (χ0v) is 21.3. The summed E-state index contributed by atoms with van der Waals surface area (Å²) < 4.78 is 36.7. The summed E-state index contributed by atoms with van der Waals surface area (Å²) in [6.45, 7) is 4.05. The molecule has 4 aromatic rings. The molecular weight excluding hydrogens is 486 g/mol. The Morgan fingerprint density at radius 2 is 1.97 bits per heavy atom. The molecule has 7 nitrogen and oxygen atoms in total. The molecule has 1 aliphatic carbocycles. The number of benzene rings is 2. The minimum absolute atomic E-state index is 0.0563. The van der Waals surface area contributed by atoms with E-state index >= 15 is 0 Å². The number of hydrogen-bond donors (Lipinski definition) is 2. The predicted molar refractivity (Wildman–Crippen MR) is 143 cm³/mol. The van der Waals surface area contributed by atoms with Gasteiger partial charge in [-0.3, -0.25) is 14.7 Å². The third-order valence-corrected chi connectivity index (χ3v) is 7.07. The van der Waals surface area contributed by atoms with E-state index in [4.69, 9.17) is 14.8 Å². The lowest BCUT2D eigenvalue weighted by Gasteiger charge is -2.25. The Hall–Kier alpha value is -4.27. The summed E-state index contributed by atoms with van der Waals surface area (Å²) in [4.78, 5) is 9.21. The minimum Gasteiger partial charge on any atom is -0.494 e. The first kappa shape index (κ1) is 24.1.